The third kappa shape index (κ3) is 5.71. The normalized spacial score (nSPS) is 21.9. The fourth-order valence-corrected chi connectivity index (χ4v) is 3.61. The van der Waals surface area contributed by atoms with Crippen LogP contribution in [-0.2, 0) is 4.79 Å². The quantitative estimate of drug-likeness (QED) is 0.629. The second kappa shape index (κ2) is 10.5. The highest BCUT2D eigenvalue weighted by Gasteiger charge is 2.39. The van der Waals surface area contributed by atoms with Crippen LogP contribution < -0.4 is 16.0 Å². The van der Waals surface area contributed by atoms with Crippen LogP contribution in [-0.4, -0.2) is 37.6 Å². The van der Waals surface area contributed by atoms with Gasteiger partial charge in [-0.15, -0.1) is 12.4 Å². The number of hydrogen-bond donors (Lipinski definition) is 3. The molecule has 1 saturated carbocycles. The predicted molar refractivity (Wildman–Crippen MR) is 94.6 cm³/mol. The number of carbonyl (C=O) groups excluding carboxylic acids is 1. The first-order valence-electron chi connectivity index (χ1n) is 9.01. The zero-order valence-electron chi connectivity index (χ0n) is 14.1. The van der Waals surface area contributed by atoms with E-state index in [1.165, 1.54) is 32.1 Å². The van der Waals surface area contributed by atoms with E-state index in [9.17, 15) is 4.79 Å². The number of amides is 1. The van der Waals surface area contributed by atoms with Crippen molar-refractivity contribution in [3.05, 3.63) is 0 Å². The number of hydrogen-bond acceptors (Lipinski definition) is 3. The lowest BCUT2D eigenvalue weighted by Crippen LogP contribution is -2.59. The molecule has 1 saturated heterocycles. The molecule has 3 N–H and O–H groups in total. The summed E-state index contributed by atoms with van der Waals surface area (Å²) in [4.78, 5) is 12.7. The molecule has 0 aromatic rings. The summed E-state index contributed by atoms with van der Waals surface area (Å²) in [5.74, 6) is 0.984. The van der Waals surface area contributed by atoms with Crippen LogP contribution in [0.15, 0.2) is 0 Å². The standard InChI is InChI=1S/C17H33N3O.ClH/c1-2-3-11-19-16(21)17(9-5-4-6-10-17)20-14-15-7-12-18-13-8-15;/h15,18,20H,2-14H2,1H3,(H,19,21);1H. The summed E-state index contributed by atoms with van der Waals surface area (Å²) in [5.41, 5.74) is -0.281. The van der Waals surface area contributed by atoms with Gasteiger partial charge in [0.25, 0.3) is 0 Å². The topological polar surface area (TPSA) is 53.2 Å². The predicted octanol–water partition coefficient (Wildman–Crippen LogP) is 2.62. The van der Waals surface area contributed by atoms with E-state index >= 15 is 0 Å². The largest absolute Gasteiger partial charge is 0.354 e. The zero-order chi connectivity index (χ0) is 15.0. The van der Waals surface area contributed by atoms with Gasteiger partial charge in [-0.25, -0.2) is 0 Å². The van der Waals surface area contributed by atoms with Crippen molar-refractivity contribution >= 4 is 18.3 Å². The van der Waals surface area contributed by atoms with E-state index < -0.39 is 0 Å². The van der Waals surface area contributed by atoms with Crippen molar-refractivity contribution < 1.29 is 4.79 Å². The molecule has 0 spiro atoms. The molecule has 130 valence electrons. The van der Waals surface area contributed by atoms with E-state index in [2.05, 4.69) is 22.9 Å². The van der Waals surface area contributed by atoms with Gasteiger partial charge >= 0.3 is 0 Å². The van der Waals surface area contributed by atoms with Crippen LogP contribution in [0.5, 0.6) is 0 Å². The Balaban J connectivity index is 0.00000242. The Labute approximate surface area is 142 Å². The van der Waals surface area contributed by atoms with E-state index in [4.69, 9.17) is 0 Å². The molecule has 4 nitrogen and oxygen atoms in total. The average molecular weight is 332 g/mol. The summed E-state index contributed by atoms with van der Waals surface area (Å²) in [7, 11) is 0. The molecule has 0 unspecified atom stereocenters. The lowest BCUT2D eigenvalue weighted by molar-refractivity contribution is -0.129. The lowest BCUT2D eigenvalue weighted by atomic mass is 9.80. The molecule has 0 aromatic heterocycles. The Bertz CT molecular complexity index is 313. The van der Waals surface area contributed by atoms with Crippen LogP contribution in [0.25, 0.3) is 0 Å². The van der Waals surface area contributed by atoms with Crippen molar-refractivity contribution in [1.82, 2.24) is 16.0 Å². The number of piperidine rings is 1. The summed E-state index contributed by atoms with van der Waals surface area (Å²) in [6, 6.07) is 0. The van der Waals surface area contributed by atoms with Crippen LogP contribution in [0.1, 0.15) is 64.7 Å². The van der Waals surface area contributed by atoms with Gasteiger partial charge in [-0.05, 0) is 57.7 Å². The monoisotopic (exact) mass is 331 g/mol. The van der Waals surface area contributed by atoms with Gasteiger partial charge in [-0.1, -0.05) is 32.6 Å². The Hall–Kier alpha value is -0.320. The second-order valence-corrected chi connectivity index (χ2v) is 6.83. The summed E-state index contributed by atoms with van der Waals surface area (Å²) in [5, 5.41) is 10.3. The third-order valence-corrected chi connectivity index (χ3v) is 5.15. The maximum atomic E-state index is 12.7. The van der Waals surface area contributed by atoms with Crippen LogP contribution >= 0.6 is 12.4 Å². The minimum absolute atomic E-state index is 0. The summed E-state index contributed by atoms with van der Waals surface area (Å²) in [6.45, 7) is 6.25. The average Bonchev–Trinajstić information content (AvgIpc) is 2.55. The molecule has 1 heterocycles. The van der Waals surface area contributed by atoms with Crippen LogP contribution in [0, 0.1) is 5.92 Å². The highest BCUT2D eigenvalue weighted by molar-refractivity contribution is 5.86. The van der Waals surface area contributed by atoms with E-state index in [0.717, 1.165) is 57.8 Å². The van der Waals surface area contributed by atoms with Gasteiger partial charge in [0.05, 0.1) is 5.54 Å². The van der Waals surface area contributed by atoms with E-state index in [0.29, 0.717) is 0 Å². The second-order valence-electron chi connectivity index (χ2n) is 6.83. The fourth-order valence-electron chi connectivity index (χ4n) is 3.61. The van der Waals surface area contributed by atoms with Crippen molar-refractivity contribution in [2.45, 2.75) is 70.3 Å². The molecule has 0 aromatic carbocycles. The van der Waals surface area contributed by atoms with E-state index in [-0.39, 0.29) is 23.9 Å². The molecule has 1 aliphatic carbocycles. The van der Waals surface area contributed by atoms with Gasteiger partial charge in [0.1, 0.15) is 0 Å². The Morgan fingerprint density at radius 3 is 2.50 bits per heavy atom. The van der Waals surface area contributed by atoms with Crippen molar-refractivity contribution in [3.8, 4) is 0 Å². The van der Waals surface area contributed by atoms with Crippen molar-refractivity contribution in [2.24, 2.45) is 5.92 Å². The fraction of sp³-hybridized carbons (Fsp3) is 0.941. The minimum atomic E-state index is -0.281. The SMILES string of the molecule is CCCCNC(=O)C1(NCC2CCNCC2)CCCCC1.Cl. The number of carbonyl (C=O) groups is 1. The van der Waals surface area contributed by atoms with Gasteiger partial charge in [-0.3, -0.25) is 4.79 Å². The van der Waals surface area contributed by atoms with Gasteiger partial charge < -0.3 is 16.0 Å². The first-order chi connectivity index (χ1) is 10.3. The molecule has 5 heteroatoms. The van der Waals surface area contributed by atoms with E-state index in [1.54, 1.807) is 0 Å². The smallest absolute Gasteiger partial charge is 0.240 e. The van der Waals surface area contributed by atoms with E-state index in [1.807, 2.05) is 0 Å². The third-order valence-electron chi connectivity index (χ3n) is 5.15. The number of unbranched alkanes of at least 4 members (excludes halogenated alkanes) is 1. The molecular weight excluding hydrogens is 298 g/mol. The molecule has 2 fully saturated rings. The van der Waals surface area contributed by atoms with Crippen LogP contribution in [0.2, 0.25) is 0 Å². The molecule has 2 aliphatic rings. The van der Waals surface area contributed by atoms with Crippen molar-refractivity contribution in [2.75, 3.05) is 26.2 Å². The summed E-state index contributed by atoms with van der Waals surface area (Å²) >= 11 is 0. The van der Waals surface area contributed by atoms with Crippen molar-refractivity contribution in [1.29, 1.82) is 0 Å². The minimum Gasteiger partial charge on any atom is -0.354 e. The molecule has 1 aliphatic heterocycles. The number of rotatable bonds is 7. The highest BCUT2D eigenvalue weighted by Crippen LogP contribution is 2.29. The van der Waals surface area contributed by atoms with Gasteiger partial charge in [0, 0.05) is 6.54 Å². The van der Waals surface area contributed by atoms with Crippen LogP contribution in [0.4, 0.5) is 0 Å². The lowest BCUT2D eigenvalue weighted by Gasteiger charge is -2.38. The molecule has 22 heavy (non-hydrogen) atoms. The molecule has 2 rings (SSSR count). The summed E-state index contributed by atoms with van der Waals surface area (Å²) in [6.07, 6.45) is 10.3. The van der Waals surface area contributed by atoms with Gasteiger partial charge in [0.2, 0.25) is 5.91 Å². The summed E-state index contributed by atoms with van der Waals surface area (Å²) < 4.78 is 0. The first kappa shape index (κ1) is 19.7. The molecule has 0 radical (unpaired) electrons. The highest BCUT2D eigenvalue weighted by atomic mass is 35.5. The maximum Gasteiger partial charge on any atom is 0.240 e. The Morgan fingerprint density at radius 2 is 1.86 bits per heavy atom. The molecule has 0 bridgehead atoms. The first-order valence-corrected chi connectivity index (χ1v) is 9.01. The number of halogens is 1. The van der Waals surface area contributed by atoms with Gasteiger partial charge in [0.15, 0.2) is 0 Å². The molecular formula is C17H34ClN3O. The van der Waals surface area contributed by atoms with Gasteiger partial charge in [-0.2, -0.15) is 0 Å². The Morgan fingerprint density at radius 1 is 1.18 bits per heavy atom. The molecule has 0 atom stereocenters. The number of nitrogens with one attached hydrogen (secondary N) is 3. The molecule has 1 amide bonds. The zero-order valence-corrected chi connectivity index (χ0v) is 14.9. The Kier molecular flexibility index (Phi) is 9.37. The maximum absolute atomic E-state index is 12.7. The van der Waals surface area contributed by atoms with Crippen LogP contribution in [0.3, 0.4) is 0 Å². The van der Waals surface area contributed by atoms with Crippen molar-refractivity contribution in [3.63, 3.8) is 0 Å².